The summed E-state index contributed by atoms with van der Waals surface area (Å²) in [4.78, 5) is 37.4. The molecule has 3 atom stereocenters. The van der Waals surface area contributed by atoms with E-state index in [4.69, 9.17) is 14.6 Å². The average Bonchev–Trinajstić information content (AvgIpc) is 3.06. The first-order valence-electron chi connectivity index (χ1n) is 9.28. The molecule has 2 rings (SSSR count). The highest BCUT2D eigenvalue weighted by Gasteiger charge is 2.35. The summed E-state index contributed by atoms with van der Waals surface area (Å²) in [7, 11) is 3.14. The average molecular weight is 392 g/mol. The lowest BCUT2D eigenvalue weighted by Gasteiger charge is -2.20. The zero-order chi connectivity index (χ0) is 20.8. The van der Waals surface area contributed by atoms with Crippen molar-refractivity contribution in [3.05, 3.63) is 23.8 Å². The number of ether oxygens (including phenoxy) is 2. The Morgan fingerprint density at radius 3 is 2.54 bits per heavy atom. The van der Waals surface area contributed by atoms with E-state index >= 15 is 0 Å². The van der Waals surface area contributed by atoms with Crippen LogP contribution < -0.4 is 14.8 Å². The summed E-state index contributed by atoms with van der Waals surface area (Å²) in [6, 6.07) is 5.11. The van der Waals surface area contributed by atoms with E-state index in [1.807, 2.05) is 18.2 Å². The normalized spacial score (nSPS) is 18.5. The van der Waals surface area contributed by atoms with Crippen molar-refractivity contribution >= 4 is 17.8 Å². The van der Waals surface area contributed by atoms with Gasteiger partial charge in [-0.3, -0.25) is 14.4 Å². The molecule has 1 aromatic carbocycles. The molecule has 0 spiro atoms. The molecule has 1 fully saturated rings. The quantitative estimate of drug-likeness (QED) is 0.657. The van der Waals surface area contributed by atoms with Gasteiger partial charge in [-0.2, -0.15) is 0 Å². The second-order valence-corrected chi connectivity index (χ2v) is 7.10. The zero-order valence-corrected chi connectivity index (χ0v) is 16.7. The smallest absolute Gasteiger partial charge is 0.308 e. The van der Waals surface area contributed by atoms with Gasteiger partial charge in [-0.1, -0.05) is 6.07 Å². The van der Waals surface area contributed by atoms with Crippen LogP contribution in [0.2, 0.25) is 0 Å². The number of carbonyl (C=O) groups is 3. The van der Waals surface area contributed by atoms with E-state index in [0.29, 0.717) is 31.0 Å². The van der Waals surface area contributed by atoms with Gasteiger partial charge in [-0.25, -0.2) is 0 Å². The van der Waals surface area contributed by atoms with Crippen molar-refractivity contribution in [1.29, 1.82) is 0 Å². The third-order valence-corrected chi connectivity index (χ3v) is 5.21. The standard InChI is InChI=1S/C20H28N2O6/c1-12(20(25)26)13(2)21-19(24)15-10-18(23)22(11-15)8-7-14-5-6-16(27-3)17(9-14)28-4/h5-6,9,12-13,15H,7-8,10-11H2,1-4H3,(H,21,24)(H,25,26). The lowest BCUT2D eigenvalue weighted by molar-refractivity contribution is -0.142. The van der Waals surface area contributed by atoms with Crippen LogP contribution in [-0.2, 0) is 20.8 Å². The Morgan fingerprint density at radius 2 is 1.93 bits per heavy atom. The SMILES string of the molecule is COc1ccc(CCN2CC(C(=O)NC(C)C(C)C(=O)O)CC2=O)cc1OC. The van der Waals surface area contributed by atoms with Crippen LogP contribution in [0.25, 0.3) is 0 Å². The fraction of sp³-hybridized carbons (Fsp3) is 0.550. The third-order valence-electron chi connectivity index (χ3n) is 5.21. The fourth-order valence-corrected chi connectivity index (χ4v) is 3.15. The highest BCUT2D eigenvalue weighted by atomic mass is 16.5. The molecule has 3 unspecified atom stereocenters. The maximum atomic E-state index is 12.4. The number of nitrogens with zero attached hydrogens (tertiary/aromatic N) is 1. The van der Waals surface area contributed by atoms with Crippen molar-refractivity contribution in [2.24, 2.45) is 11.8 Å². The van der Waals surface area contributed by atoms with E-state index in [0.717, 1.165) is 5.56 Å². The number of hydrogen-bond donors (Lipinski definition) is 2. The molecule has 2 N–H and O–H groups in total. The lowest BCUT2D eigenvalue weighted by Crippen LogP contribution is -2.43. The summed E-state index contributed by atoms with van der Waals surface area (Å²) >= 11 is 0. The Labute approximate surface area is 164 Å². The minimum absolute atomic E-state index is 0.0698. The van der Waals surface area contributed by atoms with E-state index in [1.54, 1.807) is 33.0 Å². The predicted octanol–water partition coefficient (Wildman–Crippen LogP) is 1.32. The molecule has 0 aliphatic carbocycles. The third kappa shape index (κ3) is 5.15. The number of amides is 2. The largest absolute Gasteiger partial charge is 0.493 e. The van der Waals surface area contributed by atoms with Crippen molar-refractivity contribution in [2.75, 3.05) is 27.3 Å². The van der Waals surface area contributed by atoms with Crippen molar-refractivity contribution in [3.8, 4) is 11.5 Å². The van der Waals surface area contributed by atoms with Crippen LogP contribution in [0, 0.1) is 11.8 Å². The zero-order valence-electron chi connectivity index (χ0n) is 16.7. The highest BCUT2D eigenvalue weighted by molar-refractivity contribution is 5.89. The number of benzene rings is 1. The molecule has 1 aromatic rings. The molecule has 0 bridgehead atoms. The number of carboxylic acids is 1. The Kier molecular flexibility index (Phi) is 7.25. The first-order chi connectivity index (χ1) is 13.3. The number of methoxy groups -OCH3 is 2. The number of carboxylic acid groups (broad SMARTS) is 1. The van der Waals surface area contributed by atoms with E-state index in [9.17, 15) is 14.4 Å². The monoisotopic (exact) mass is 392 g/mol. The predicted molar refractivity (Wildman–Crippen MR) is 102 cm³/mol. The van der Waals surface area contributed by atoms with Crippen LogP contribution >= 0.6 is 0 Å². The summed E-state index contributed by atoms with van der Waals surface area (Å²) in [6.45, 7) is 4.04. The Morgan fingerprint density at radius 1 is 1.25 bits per heavy atom. The Balaban J connectivity index is 1.90. The van der Waals surface area contributed by atoms with E-state index in [1.165, 1.54) is 0 Å². The molecular weight excluding hydrogens is 364 g/mol. The maximum absolute atomic E-state index is 12.4. The van der Waals surface area contributed by atoms with Crippen LogP contribution in [0.5, 0.6) is 11.5 Å². The van der Waals surface area contributed by atoms with Crippen molar-refractivity contribution in [1.82, 2.24) is 10.2 Å². The molecule has 1 heterocycles. The molecule has 1 aliphatic heterocycles. The first kappa shape index (κ1) is 21.5. The van der Waals surface area contributed by atoms with Gasteiger partial charge in [0.25, 0.3) is 0 Å². The molecular formula is C20H28N2O6. The molecule has 0 radical (unpaired) electrons. The number of likely N-dealkylation sites (tertiary alicyclic amines) is 1. The Bertz CT molecular complexity index is 735. The van der Waals surface area contributed by atoms with Crippen LogP contribution in [0.3, 0.4) is 0 Å². The summed E-state index contributed by atoms with van der Waals surface area (Å²) in [5.41, 5.74) is 1.00. The van der Waals surface area contributed by atoms with Gasteiger partial charge in [0.2, 0.25) is 11.8 Å². The minimum atomic E-state index is -0.966. The maximum Gasteiger partial charge on any atom is 0.308 e. The first-order valence-corrected chi connectivity index (χ1v) is 9.28. The van der Waals surface area contributed by atoms with Gasteiger partial charge in [0, 0.05) is 25.6 Å². The van der Waals surface area contributed by atoms with Crippen molar-refractivity contribution < 1.29 is 29.0 Å². The summed E-state index contributed by atoms with van der Waals surface area (Å²) in [5.74, 6) is -1.19. The molecule has 1 saturated heterocycles. The number of hydrogen-bond acceptors (Lipinski definition) is 5. The van der Waals surface area contributed by atoms with Gasteiger partial charge in [-0.15, -0.1) is 0 Å². The lowest BCUT2D eigenvalue weighted by atomic mass is 10.0. The topological polar surface area (TPSA) is 105 Å². The number of aliphatic carboxylic acids is 1. The van der Waals surface area contributed by atoms with Gasteiger partial charge in [0.05, 0.1) is 26.1 Å². The number of rotatable bonds is 9. The summed E-state index contributed by atoms with van der Waals surface area (Å²) in [5, 5.41) is 11.7. The number of nitrogens with one attached hydrogen (secondary N) is 1. The van der Waals surface area contributed by atoms with Gasteiger partial charge in [0.1, 0.15) is 0 Å². The molecule has 28 heavy (non-hydrogen) atoms. The van der Waals surface area contributed by atoms with Gasteiger partial charge in [-0.05, 0) is 38.0 Å². The second-order valence-electron chi connectivity index (χ2n) is 7.10. The highest BCUT2D eigenvalue weighted by Crippen LogP contribution is 2.28. The van der Waals surface area contributed by atoms with Crippen LogP contribution in [0.1, 0.15) is 25.8 Å². The van der Waals surface area contributed by atoms with Crippen LogP contribution in [0.15, 0.2) is 18.2 Å². The fourth-order valence-electron chi connectivity index (χ4n) is 3.15. The molecule has 1 aliphatic rings. The molecule has 0 aromatic heterocycles. The van der Waals surface area contributed by atoms with Crippen LogP contribution in [0.4, 0.5) is 0 Å². The second kappa shape index (κ2) is 9.43. The molecule has 8 heteroatoms. The van der Waals surface area contributed by atoms with Crippen molar-refractivity contribution in [2.45, 2.75) is 32.7 Å². The summed E-state index contributed by atoms with van der Waals surface area (Å²) < 4.78 is 10.5. The van der Waals surface area contributed by atoms with E-state index in [-0.39, 0.29) is 18.2 Å². The van der Waals surface area contributed by atoms with Crippen LogP contribution in [-0.4, -0.2) is 61.1 Å². The van der Waals surface area contributed by atoms with Gasteiger partial charge < -0.3 is 24.8 Å². The summed E-state index contributed by atoms with van der Waals surface area (Å²) in [6.07, 6.45) is 0.777. The Hall–Kier alpha value is -2.77. The molecule has 154 valence electrons. The molecule has 8 nitrogen and oxygen atoms in total. The minimum Gasteiger partial charge on any atom is -0.493 e. The van der Waals surface area contributed by atoms with E-state index in [2.05, 4.69) is 5.32 Å². The number of carbonyl (C=O) groups excluding carboxylic acids is 2. The molecule has 0 saturated carbocycles. The van der Waals surface area contributed by atoms with Crippen molar-refractivity contribution in [3.63, 3.8) is 0 Å². The van der Waals surface area contributed by atoms with Gasteiger partial charge in [0.15, 0.2) is 11.5 Å². The molecule has 2 amide bonds. The van der Waals surface area contributed by atoms with E-state index < -0.39 is 23.8 Å². The van der Waals surface area contributed by atoms with Gasteiger partial charge >= 0.3 is 5.97 Å².